The van der Waals surface area contributed by atoms with E-state index in [0.717, 1.165) is 51.4 Å². The van der Waals surface area contributed by atoms with Crippen LogP contribution in [0.15, 0.2) is 0 Å². The van der Waals surface area contributed by atoms with Crippen LogP contribution in [-0.4, -0.2) is 101 Å². The van der Waals surface area contributed by atoms with Crippen molar-refractivity contribution in [1.82, 2.24) is 31.5 Å². The van der Waals surface area contributed by atoms with Gasteiger partial charge in [0.05, 0.1) is 13.2 Å². The summed E-state index contributed by atoms with van der Waals surface area (Å²) in [4.78, 5) is 63.4. The van der Waals surface area contributed by atoms with Crippen molar-refractivity contribution in [2.24, 2.45) is 0 Å². The third-order valence-corrected chi connectivity index (χ3v) is 11.0. The van der Waals surface area contributed by atoms with Gasteiger partial charge in [0.2, 0.25) is 0 Å². The highest BCUT2D eigenvalue weighted by Crippen LogP contribution is 2.14. The Balaban J connectivity index is 4.52. The highest BCUT2D eigenvalue weighted by Gasteiger charge is 2.20. The molecule has 15 heteroatoms. The van der Waals surface area contributed by atoms with Crippen molar-refractivity contribution in [3.63, 3.8) is 0 Å². The zero-order valence-electron chi connectivity index (χ0n) is 45.7. The summed E-state index contributed by atoms with van der Waals surface area (Å²) in [6.07, 6.45) is 34.3. The summed E-state index contributed by atoms with van der Waals surface area (Å²) < 4.78 is 20.0. The van der Waals surface area contributed by atoms with Gasteiger partial charge in [0.15, 0.2) is 0 Å². The fourth-order valence-electron chi connectivity index (χ4n) is 6.94. The van der Waals surface area contributed by atoms with Gasteiger partial charge in [-0.15, -0.1) is 6.42 Å². The van der Waals surface area contributed by atoms with Crippen molar-refractivity contribution in [2.75, 3.05) is 66.2 Å². The first-order valence-corrected chi connectivity index (χ1v) is 27.4. The minimum atomic E-state index is -0.725. The standard InChI is InChI=1S/C61H84N6O9/c1-4-6-8-10-12-14-16-18-20-22-24-26-28-30-36-45-53-74-59(70)64-50-41-34-35-44-52-67(57(68)62-47-39-32-33-40-49-66-61(72)76-56-55-73-3)58(69)63-48-42-38-43-51-65-60(71)75-54-46-37-31-29-27-25-23-21-19-17-15-13-11-9-7-5-2/h2H,4,6,8,10,12,14,16,18,20,22,24,26,28,30,32-36,38-45,47-53,55-56H2,1,3H3,(H,62,68)(H,63,69)(H,64,70)(H,65,71)(H,66,72). The van der Waals surface area contributed by atoms with Crippen molar-refractivity contribution in [3.05, 3.63) is 0 Å². The molecule has 0 rings (SSSR count). The molecule has 0 aromatic carbocycles. The number of carbonyl (C=O) groups excluding carboxylic acids is 5. The van der Waals surface area contributed by atoms with Gasteiger partial charge >= 0.3 is 30.3 Å². The molecule has 0 bridgehead atoms. The third-order valence-electron chi connectivity index (χ3n) is 11.0. The molecule has 0 saturated carbocycles. The summed E-state index contributed by atoms with van der Waals surface area (Å²) >= 11 is 0. The maximum absolute atomic E-state index is 13.2. The van der Waals surface area contributed by atoms with Crippen molar-refractivity contribution in [1.29, 1.82) is 0 Å². The zero-order chi connectivity index (χ0) is 55.3. The second-order valence-electron chi connectivity index (χ2n) is 17.4. The lowest BCUT2D eigenvalue weighted by molar-refractivity contribution is 0.0985. The Bertz CT molecular complexity index is 2200. The lowest BCUT2D eigenvalue weighted by atomic mass is 10.0. The summed E-state index contributed by atoms with van der Waals surface area (Å²) in [5.41, 5.74) is 0. The van der Waals surface area contributed by atoms with E-state index in [1.165, 1.54) is 102 Å². The molecule has 15 nitrogen and oxygen atoms in total. The number of urea groups is 2. The molecule has 412 valence electrons. The van der Waals surface area contributed by atoms with Gasteiger partial charge in [-0.3, -0.25) is 0 Å². The molecular formula is C61H84N6O9. The largest absolute Gasteiger partial charge is 0.450 e. The van der Waals surface area contributed by atoms with E-state index < -0.39 is 30.3 Å². The molecule has 0 saturated heterocycles. The van der Waals surface area contributed by atoms with Gasteiger partial charge in [0.25, 0.3) is 0 Å². The molecule has 76 heavy (non-hydrogen) atoms. The predicted molar refractivity (Wildman–Crippen MR) is 300 cm³/mol. The number of ether oxygens (including phenoxy) is 4. The van der Waals surface area contributed by atoms with Crippen LogP contribution in [0.3, 0.4) is 0 Å². The summed E-state index contributed by atoms with van der Waals surface area (Å²) in [6.45, 7) is 5.49. The fraction of sp³-hybridized carbons (Fsp3) is 0.623. The molecule has 0 heterocycles. The Kier molecular flexibility index (Phi) is 51.3. The van der Waals surface area contributed by atoms with Crippen LogP contribution in [0.1, 0.15) is 180 Å². The van der Waals surface area contributed by atoms with Crippen LogP contribution in [0, 0.1) is 107 Å². The SMILES string of the molecule is C#CC#CC#CC#CC#CC#CC#CC#CC#COC(=O)NCCCCCNC(=O)N(CCCCCCNC(=O)OCCCCCCCCCCCCCCCCCC)C(=O)NCCCCCCNC(=O)OCCOC. The second-order valence-corrected chi connectivity index (χ2v) is 17.4. The summed E-state index contributed by atoms with van der Waals surface area (Å²) in [6, 6.07) is -0.957. The molecule has 0 atom stereocenters. The number of imide groups is 1. The minimum absolute atomic E-state index is 0.192. The first-order chi connectivity index (χ1) is 37.3. The summed E-state index contributed by atoms with van der Waals surface area (Å²) in [5.74, 6) is 38.8. The molecule has 0 aliphatic carbocycles. The number of unbranched alkanes of at least 4 members (excludes halogenated alkanes) is 23. The molecule has 0 aliphatic heterocycles. The number of nitrogens with one attached hydrogen (secondary N) is 5. The van der Waals surface area contributed by atoms with E-state index in [4.69, 9.17) is 25.4 Å². The molecule has 0 spiro atoms. The first-order valence-electron chi connectivity index (χ1n) is 27.4. The molecule has 0 aromatic heterocycles. The van der Waals surface area contributed by atoms with E-state index in [1.54, 1.807) is 0 Å². The quantitative estimate of drug-likeness (QED) is 0.0226. The molecular weight excluding hydrogens is 961 g/mol. The van der Waals surface area contributed by atoms with Crippen molar-refractivity contribution in [2.45, 2.75) is 180 Å². The lowest BCUT2D eigenvalue weighted by Gasteiger charge is -2.22. The van der Waals surface area contributed by atoms with Gasteiger partial charge in [-0.05, 0) is 98.7 Å². The number of carbonyl (C=O) groups is 5. The summed E-state index contributed by atoms with van der Waals surface area (Å²) in [7, 11) is 1.53. The first kappa shape index (κ1) is 68.6. The second kappa shape index (κ2) is 56.8. The van der Waals surface area contributed by atoms with Crippen LogP contribution in [0.25, 0.3) is 0 Å². The van der Waals surface area contributed by atoms with Gasteiger partial charge in [-0.25, -0.2) is 28.9 Å². The molecule has 0 radical (unpaired) electrons. The maximum atomic E-state index is 13.2. The smallest absolute Gasteiger partial charge is 0.421 e. The number of rotatable bonds is 40. The number of amides is 7. The Hall–Kier alpha value is -7.45. The Labute approximate surface area is 456 Å². The van der Waals surface area contributed by atoms with Gasteiger partial charge in [0, 0.05) is 93.7 Å². The topological polar surface area (TPSA) is 186 Å². The average Bonchev–Trinajstić information content (AvgIpc) is 3.41. The highest BCUT2D eigenvalue weighted by atomic mass is 16.6. The van der Waals surface area contributed by atoms with Gasteiger partial charge in [-0.2, -0.15) is 0 Å². The van der Waals surface area contributed by atoms with Crippen LogP contribution in [0.4, 0.5) is 24.0 Å². The number of hydrogen-bond donors (Lipinski definition) is 5. The number of nitrogens with zero attached hydrogens (tertiary/aromatic N) is 1. The molecule has 7 amide bonds. The van der Waals surface area contributed by atoms with Crippen LogP contribution in [0.2, 0.25) is 0 Å². The zero-order valence-corrected chi connectivity index (χ0v) is 45.7. The minimum Gasteiger partial charge on any atom is -0.450 e. The highest BCUT2D eigenvalue weighted by molar-refractivity contribution is 5.93. The number of alkyl carbamates (subject to hydrolysis) is 3. The average molecular weight is 1050 g/mol. The van der Waals surface area contributed by atoms with E-state index in [1.807, 2.05) is 0 Å². The normalized spacial score (nSPS) is 9.22. The van der Waals surface area contributed by atoms with Gasteiger partial charge in [0.1, 0.15) is 12.7 Å². The Morgan fingerprint density at radius 2 is 0.697 bits per heavy atom. The Morgan fingerprint density at radius 1 is 0.368 bits per heavy atom. The lowest BCUT2D eigenvalue weighted by Crippen LogP contribution is -2.49. The fourth-order valence-corrected chi connectivity index (χ4v) is 6.94. The van der Waals surface area contributed by atoms with E-state index in [9.17, 15) is 24.0 Å². The Morgan fingerprint density at radius 3 is 1.12 bits per heavy atom. The molecule has 0 unspecified atom stereocenters. The van der Waals surface area contributed by atoms with Crippen molar-refractivity contribution in [3.8, 4) is 107 Å². The van der Waals surface area contributed by atoms with E-state index >= 15 is 0 Å². The monoisotopic (exact) mass is 1040 g/mol. The van der Waals surface area contributed by atoms with Crippen molar-refractivity contribution >= 4 is 30.3 Å². The number of methoxy groups -OCH3 is 1. The molecule has 0 aromatic rings. The van der Waals surface area contributed by atoms with Crippen molar-refractivity contribution < 1.29 is 42.9 Å². The van der Waals surface area contributed by atoms with E-state index in [2.05, 4.69) is 134 Å². The number of terminal acetylenes is 1. The molecule has 0 aliphatic rings. The number of hydrogen-bond acceptors (Lipinski definition) is 9. The summed E-state index contributed by atoms with van der Waals surface area (Å²) in [5, 5.41) is 13.8. The van der Waals surface area contributed by atoms with E-state index in [-0.39, 0.29) is 13.2 Å². The van der Waals surface area contributed by atoms with Gasteiger partial charge < -0.3 is 45.5 Å². The molecule has 5 N–H and O–H groups in total. The van der Waals surface area contributed by atoms with Crippen LogP contribution >= 0.6 is 0 Å². The van der Waals surface area contributed by atoms with E-state index in [0.29, 0.717) is 78.0 Å². The molecule has 0 fully saturated rings. The van der Waals surface area contributed by atoms with Crippen LogP contribution in [-0.2, 0) is 18.9 Å². The maximum Gasteiger partial charge on any atom is 0.421 e. The predicted octanol–water partition coefficient (Wildman–Crippen LogP) is 9.70. The van der Waals surface area contributed by atoms with Crippen LogP contribution < -0.4 is 26.6 Å². The van der Waals surface area contributed by atoms with Gasteiger partial charge in [-0.1, -0.05) is 129 Å². The van der Waals surface area contributed by atoms with Crippen LogP contribution in [0.5, 0.6) is 0 Å². The third kappa shape index (κ3) is 51.5.